The van der Waals surface area contributed by atoms with Gasteiger partial charge < -0.3 is 0 Å². The van der Waals surface area contributed by atoms with Gasteiger partial charge in [0.05, 0.1) is 0 Å². The fraction of sp³-hybridized carbons (Fsp3) is 0. The molecule has 0 saturated carbocycles. The predicted molar refractivity (Wildman–Crippen MR) is 47.2 cm³/mol. The molecule has 4 radical (unpaired) electrons. The molecule has 36 valence electrons. The first-order valence-electron chi connectivity index (χ1n) is 0.756. The highest BCUT2D eigenvalue weighted by Crippen LogP contribution is 2.33. The number of rotatable bonds is 0. The summed E-state index contributed by atoms with van der Waals surface area (Å²) in [6, 6.07) is 0. The van der Waals surface area contributed by atoms with Gasteiger partial charge in [0.1, 0.15) is 0 Å². The van der Waals surface area contributed by atoms with E-state index in [0.717, 1.165) is 0 Å². The molecule has 0 aromatic heterocycles. The van der Waals surface area contributed by atoms with E-state index in [0.29, 0.717) is 0 Å². The molecule has 0 aromatic rings. The smallest absolute Gasteiger partial charge is 0.0840 e. The van der Waals surface area contributed by atoms with Crippen molar-refractivity contribution < 1.29 is 0 Å². The lowest BCUT2D eigenvalue weighted by molar-refractivity contribution is 4.79. The van der Waals surface area contributed by atoms with Crippen molar-refractivity contribution in [2.24, 2.45) is 0 Å². The highest BCUT2D eigenvalue weighted by atomic mass is 80.0. The van der Waals surface area contributed by atoms with E-state index in [4.69, 9.17) is 0 Å². The van der Waals surface area contributed by atoms with Gasteiger partial charge in [0.25, 0.3) is 0 Å². The molecule has 6 heteroatoms. The Morgan fingerprint density at radius 2 is 0.833 bits per heavy atom. The highest BCUT2D eigenvalue weighted by Gasteiger charge is 2.14. The molecule has 0 saturated heterocycles. The summed E-state index contributed by atoms with van der Waals surface area (Å²) in [6.45, 7) is 0. The molecule has 0 spiro atoms. The molecule has 6 heavy (non-hydrogen) atoms. The monoisotopic (exact) mass is 372 g/mol. The Balaban J connectivity index is 0. The molecule has 0 unspecified atom stereocenters. The number of hydrogen-bond donors (Lipinski definition) is 0. The Morgan fingerprint density at radius 3 is 0.833 bits per heavy atom. The molecule has 0 heterocycles. The second kappa shape index (κ2) is 4.25. The third-order valence-electron chi connectivity index (χ3n) is 0. The summed E-state index contributed by atoms with van der Waals surface area (Å²) in [7, 11) is 0. The molecular formula is Br4Si2. The Morgan fingerprint density at radius 1 is 0.833 bits per heavy atom. The van der Waals surface area contributed by atoms with Crippen LogP contribution in [-0.4, -0.2) is 13.5 Å². The van der Waals surface area contributed by atoms with Crippen LogP contribution in [0.4, 0.5) is 0 Å². The van der Waals surface area contributed by atoms with E-state index in [-0.39, 0.29) is 11.0 Å². The van der Waals surface area contributed by atoms with Gasteiger partial charge >= 0.3 is 2.55 Å². The maximum absolute atomic E-state index is 3.26. The van der Waals surface area contributed by atoms with E-state index >= 15 is 0 Å². The van der Waals surface area contributed by atoms with Crippen molar-refractivity contribution in [1.29, 1.82) is 0 Å². The van der Waals surface area contributed by atoms with Crippen molar-refractivity contribution in [3.05, 3.63) is 0 Å². The van der Waals surface area contributed by atoms with E-state index in [9.17, 15) is 0 Å². The molecule has 0 fully saturated rings. The second-order valence-electron chi connectivity index (χ2n) is 0.429. The van der Waals surface area contributed by atoms with Gasteiger partial charge in [-0.2, -0.15) is 0 Å². The summed E-state index contributed by atoms with van der Waals surface area (Å²) in [5, 5.41) is 0. The molecule has 0 rings (SSSR count). The van der Waals surface area contributed by atoms with Crippen molar-refractivity contribution in [3.8, 4) is 0 Å². The van der Waals surface area contributed by atoms with Crippen molar-refractivity contribution in [2.45, 2.75) is 0 Å². The van der Waals surface area contributed by atoms with Gasteiger partial charge in [0, 0.05) is 11.0 Å². The van der Waals surface area contributed by atoms with E-state index < -0.39 is 2.55 Å². The molecule has 0 bridgehead atoms. The number of halogens is 4. The van der Waals surface area contributed by atoms with Gasteiger partial charge in [-0.05, 0) is 0 Å². The minimum atomic E-state index is -1.36. The zero-order chi connectivity index (χ0) is 4.50. The van der Waals surface area contributed by atoms with Crippen molar-refractivity contribution in [3.63, 3.8) is 0 Å². The zero-order valence-corrected chi connectivity index (χ0v) is 10.9. The van der Waals surface area contributed by atoms with Gasteiger partial charge in [0.2, 0.25) is 0 Å². The minimum Gasteiger partial charge on any atom is -0.0840 e. The summed E-state index contributed by atoms with van der Waals surface area (Å²) in [6.07, 6.45) is 0. The molecule has 0 aliphatic rings. The fourth-order valence-electron chi connectivity index (χ4n) is 0. The summed E-state index contributed by atoms with van der Waals surface area (Å²) < 4.78 is -1.36. The third kappa shape index (κ3) is 32.9. The lowest BCUT2D eigenvalue weighted by Crippen LogP contribution is -1.86. The van der Waals surface area contributed by atoms with Gasteiger partial charge in [-0.3, -0.25) is 0 Å². The highest BCUT2D eigenvalue weighted by molar-refractivity contribution is 9.90. The maximum Gasteiger partial charge on any atom is 0.336 e. The Hall–Kier alpha value is 2.35. The predicted octanol–water partition coefficient (Wildman–Crippen LogP) is 2.62. The Labute approximate surface area is 73.8 Å². The Bertz CT molecular complexity index is 21.0. The summed E-state index contributed by atoms with van der Waals surface area (Å²) in [5.74, 6) is 0. The molecule has 0 amide bonds. The second-order valence-corrected chi connectivity index (χ2v) is 34.7. The van der Waals surface area contributed by atoms with Crippen LogP contribution in [0.25, 0.3) is 0 Å². The molecule has 0 aliphatic heterocycles. The van der Waals surface area contributed by atoms with E-state index in [1.54, 1.807) is 0 Å². The van der Waals surface area contributed by atoms with Crippen molar-refractivity contribution in [2.75, 3.05) is 0 Å². The van der Waals surface area contributed by atoms with Crippen LogP contribution in [0.5, 0.6) is 0 Å². The molecular weight excluding hydrogens is 376 g/mol. The first kappa shape index (κ1) is 11.2. The zero-order valence-electron chi connectivity index (χ0n) is 2.51. The van der Waals surface area contributed by atoms with E-state index in [2.05, 4.69) is 61.2 Å². The van der Waals surface area contributed by atoms with Crippen LogP contribution in [0.1, 0.15) is 0 Å². The third-order valence-corrected chi connectivity index (χ3v) is 0. The molecule has 0 N–H and O–H groups in total. The Kier molecular flexibility index (Phi) is 7.93. The average molecular weight is 376 g/mol. The number of hydrogen-bond acceptors (Lipinski definition) is 0. The first-order chi connectivity index (χ1) is 2.00. The van der Waals surface area contributed by atoms with Crippen LogP contribution in [0, 0.1) is 0 Å². The molecule has 0 nitrogen and oxygen atoms in total. The summed E-state index contributed by atoms with van der Waals surface area (Å²) in [5.41, 5.74) is 0. The van der Waals surface area contributed by atoms with Crippen LogP contribution < -0.4 is 0 Å². The molecule has 0 atom stereocenters. The van der Waals surface area contributed by atoms with Crippen LogP contribution in [0.15, 0.2) is 0 Å². The normalized spacial score (nSPS) is 10.0. The van der Waals surface area contributed by atoms with Gasteiger partial charge in [-0.25, -0.2) is 0 Å². The van der Waals surface area contributed by atoms with Gasteiger partial charge in [-0.1, -0.05) is 61.2 Å². The minimum absolute atomic E-state index is 0. The van der Waals surface area contributed by atoms with Gasteiger partial charge in [-0.15, -0.1) is 0 Å². The lowest BCUT2D eigenvalue weighted by Gasteiger charge is -1.88. The van der Waals surface area contributed by atoms with Crippen LogP contribution in [0.2, 0.25) is 0 Å². The molecule has 0 aliphatic carbocycles. The maximum atomic E-state index is 3.26. The van der Waals surface area contributed by atoms with Crippen LogP contribution in [-0.2, 0) is 0 Å². The van der Waals surface area contributed by atoms with Crippen LogP contribution >= 0.6 is 61.2 Å². The summed E-state index contributed by atoms with van der Waals surface area (Å²) >= 11 is 13.1. The van der Waals surface area contributed by atoms with Crippen molar-refractivity contribution in [1.82, 2.24) is 0 Å². The van der Waals surface area contributed by atoms with E-state index in [1.807, 2.05) is 0 Å². The SMILES string of the molecule is Br[Si](Br)(Br)Br.[Si]. The molecule has 0 aromatic carbocycles. The topological polar surface area (TPSA) is 0 Å². The fourth-order valence-corrected chi connectivity index (χ4v) is 0. The standard InChI is InChI=1S/Br4Si.Si/c1-5(2,3)4;. The van der Waals surface area contributed by atoms with Gasteiger partial charge in [0.15, 0.2) is 0 Å². The first-order valence-corrected chi connectivity index (χ1v) is 11.8. The average Bonchev–Trinajstić information content (AvgIpc) is 0.722. The van der Waals surface area contributed by atoms with Crippen molar-refractivity contribution >= 4 is 74.7 Å². The summed E-state index contributed by atoms with van der Waals surface area (Å²) in [4.78, 5) is 0. The van der Waals surface area contributed by atoms with Crippen LogP contribution in [0.3, 0.4) is 0 Å². The quantitative estimate of drug-likeness (QED) is 0.451. The largest absolute Gasteiger partial charge is 0.336 e. The lowest BCUT2D eigenvalue weighted by atomic mass is 28.0. The van der Waals surface area contributed by atoms with E-state index in [1.165, 1.54) is 0 Å².